The molecule has 4 heteroatoms. The first-order valence-corrected chi connectivity index (χ1v) is 8.14. The lowest BCUT2D eigenvalue weighted by Gasteiger charge is -2.26. The third-order valence-electron chi connectivity index (χ3n) is 3.58. The molecule has 22 heavy (non-hydrogen) atoms. The van der Waals surface area contributed by atoms with Crippen LogP contribution in [0.4, 0.5) is 5.69 Å². The number of anilines is 1. The fourth-order valence-corrected chi connectivity index (χ4v) is 2.75. The van der Waals surface area contributed by atoms with Gasteiger partial charge in [-0.2, -0.15) is 0 Å². The van der Waals surface area contributed by atoms with Crippen LogP contribution in [0.3, 0.4) is 0 Å². The number of aryl methyl sites for hydroxylation is 1. The predicted octanol–water partition coefficient (Wildman–Crippen LogP) is 5.33. The van der Waals surface area contributed by atoms with Gasteiger partial charge in [0, 0.05) is 10.7 Å². The summed E-state index contributed by atoms with van der Waals surface area (Å²) in [5, 5.41) is 7.96. The molecule has 2 aromatic rings. The van der Waals surface area contributed by atoms with Crippen molar-refractivity contribution >= 4 is 34.6 Å². The van der Waals surface area contributed by atoms with E-state index in [2.05, 4.69) is 55.7 Å². The smallest absolute Gasteiger partial charge is 0.171 e. The number of hydrogen-bond acceptors (Lipinski definition) is 1. The van der Waals surface area contributed by atoms with Crippen LogP contribution in [0.5, 0.6) is 0 Å². The number of halogens is 1. The van der Waals surface area contributed by atoms with E-state index in [9.17, 15) is 0 Å². The molecule has 0 saturated heterocycles. The molecule has 2 rings (SSSR count). The number of hydrogen-bond donors (Lipinski definition) is 2. The van der Waals surface area contributed by atoms with E-state index in [0.29, 0.717) is 16.1 Å². The van der Waals surface area contributed by atoms with Gasteiger partial charge in [-0.15, -0.1) is 0 Å². The zero-order valence-electron chi connectivity index (χ0n) is 13.1. The van der Waals surface area contributed by atoms with E-state index < -0.39 is 0 Å². The van der Waals surface area contributed by atoms with Crippen molar-refractivity contribution in [1.29, 1.82) is 0 Å². The Morgan fingerprint density at radius 2 is 1.68 bits per heavy atom. The van der Waals surface area contributed by atoms with Crippen LogP contribution in [0.25, 0.3) is 0 Å². The largest absolute Gasteiger partial charge is 0.355 e. The van der Waals surface area contributed by atoms with Crippen LogP contribution >= 0.6 is 23.8 Å². The Balaban J connectivity index is 2.10. The molecule has 0 amide bonds. The Labute approximate surface area is 142 Å². The normalized spacial score (nSPS) is 12.0. The molecule has 2 aromatic carbocycles. The van der Waals surface area contributed by atoms with Crippen molar-refractivity contribution in [2.24, 2.45) is 5.92 Å². The fraction of sp³-hybridized carbons (Fsp3) is 0.278. The number of nitrogens with one attached hydrogen (secondary N) is 2. The Morgan fingerprint density at radius 1 is 1.05 bits per heavy atom. The first-order chi connectivity index (χ1) is 10.5. The maximum Gasteiger partial charge on any atom is 0.171 e. The Kier molecular flexibility index (Phi) is 5.81. The van der Waals surface area contributed by atoms with E-state index in [4.69, 9.17) is 23.8 Å². The average molecular weight is 333 g/mol. The van der Waals surface area contributed by atoms with Crippen molar-refractivity contribution in [3.05, 3.63) is 64.7 Å². The summed E-state index contributed by atoms with van der Waals surface area (Å²) in [5.41, 5.74) is 3.47. The monoisotopic (exact) mass is 332 g/mol. The van der Waals surface area contributed by atoms with Gasteiger partial charge in [0.1, 0.15) is 0 Å². The molecule has 0 aromatic heterocycles. The van der Waals surface area contributed by atoms with Gasteiger partial charge in [-0.05, 0) is 60.5 Å². The van der Waals surface area contributed by atoms with E-state index in [-0.39, 0.29) is 6.04 Å². The molecule has 0 heterocycles. The SMILES string of the molecule is Cc1ccccc1C(NC(=S)Nc1ccc(Cl)cc1)C(C)C. The van der Waals surface area contributed by atoms with E-state index in [1.165, 1.54) is 11.1 Å². The second kappa shape index (κ2) is 7.61. The predicted molar refractivity (Wildman–Crippen MR) is 99.6 cm³/mol. The van der Waals surface area contributed by atoms with E-state index >= 15 is 0 Å². The molecule has 116 valence electrons. The van der Waals surface area contributed by atoms with Crippen molar-refractivity contribution in [3.8, 4) is 0 Å². The summed E-state index contributed by atoms with van der Waals surface area (Å²) in [6.45, 7) is 6.51. The average Bonchev–Trinajstić information content (AvgIpc) is 2.48. The second-order valence-corrected chi connectivity index (χ2v) is 6.53. The van der Waals surface area contributed by atoms with Crippen LogP contribution < -0.4 is 10.6 Å². The quantitative estimate of drug-likeness (QED) is 0.740. The lowest BCUT2D eigenvalue weighted by molar-refractivity contribution is 0.471. The summed E-state index contributed by atoms with van der Waals surface area (Å²) in [6.07, 6.45) is 0. The van der Waals surface area contributed by atoms with Gasteiger partial charge < -0.3 is 10.6 Å². The molecular formula is C18H21ClN2S. The van der Waals surface area contributed by atoms with Crippen LogP contribution in [0.2, 0.25) is 5.02 Å². The van der Waals surface area contributed by atoms with Gasteiger partial charge in [0.25, 0.3) is 0 Å². The minimum atomic E-state index is 0.175. The zero-order chi connectivity index (χ0) is 16.1. The Morgan fingerprint density at radius 3 is 2.27 bits per heavy atom. The minimum absolute atomic E-state index is 0.175. The molecule has 0 aliphatic carbocycles. The van der Waals surface area contributed by atoms with E-state index in [1.54, 1.807) is 0 Å². The molecular weight excluding hydrogens is 312 g/mol. The van der Waals surface area contributed by atoms with Gasteiger partial charge in [-0.25, -0.2) is 0 Å². The molecule has 0 bridgehead atoms. The summed E-state index contributed by atoms with van der Waals surface area (Å²) < 4.78 is 0. The first-order valence-electron chi connectivity index (χ1n) is 7.36. The van der Waals surface area contributed by atoms with Crippen LogP contribution in [0.15, 0.2) is 48.5 Å². The molecule has 1 atom stereocenters. The third-order valence-corrected chi connectivity index (χ3v) is 4.05. The van der Waals surface area contributed by atoms with Gasteiger partial charge in [0.05, 0.1) is 6.04 Å². The summed E-state index contributed by atoms with van der Waals surface area (Å²) in [6, 6.07) is 16.1. The molecule has 0 aliphatic rings. The van der Waals surface area contributed by atoms with Gasteiger partial charge in [-0.1, -0.05) is 49.7 Å². The van der Waals surface area contributed by atoms with Crippen molar-refractivity contribution in [1.82, 2.24) is 5.32 Å². The summed E-state index contributed by atoms with van der Waals surface area (Å²) in [5.74, 6) is 0.422. The standard InChI is InChI=1S/C18H21ClN2S/c1-12(2)17(16-7-5-4-6-13(16)3)21-18(22)20-15-10-8-14(19)9-11-15/h4-12,17H,1-3H3,(H2,20,21,22). The van der Waals surface area contributed by atoms with Gasteiger partial charge in [0.2, 0.25) is 0 Å². The highest BCUT2D eigenvalue weighted by molar-refractivity contribution is 7.80. The van der Waals surface area contributed by atoms with E-state index in [0.717, 1.165) is 5.69 Å². The topological polar surface area (TPSA) is 24.1 Å². The lowest BCUT2D eigenvalue weighted by Crippen LogP contribution is -2.35. The van der Waals surface area contributed by atoms with Gasteiger partial charge >= 0.3 is 0 Å². The van der Waals surface area contributed by atoms with Gasteiger partial charge in [-0.3, -0.25) is 0 Å². The number of benzene rings is 2. The summed E-state index contributed by atoms with van der Waals surface area (Å²) in [7, 11) is 0. The second-order valence-electron chi connectivity index (χ2n) is 5.68. The molecule has 0 aliphatic heterocycles. The lowest BCUT2D eigenvalue weighted by atomic mass is 9.93. The number of thiocarbonyl (C=S) groups is 1. The van der Waals surface area contributed by atoms with Gasteiger partial charge in [0.15, 0.2) is 5.11 Å². The summed E-state index contributed by atoms with van der Waals surface area (Å²) >= 11 is 11.3. The molecule has 0 saturated carbocycles. The van der Waals surface area contributed by atoms with Crippen molar-refractivity contribution in [2.45, 2.75) is 26.8 Å². The highest BCUT2D eigenvalue weighted by Crippen LogP contribution is 2.24. The van der Waals surface area contributed by atoms with Crippen molar-refractivity contribution < 1.29 is 0 Å². The number of rotatable bonds is 4. The maximum atomic E-state index is 5.90. The third kappa shape index (κ3) is 4.46. The van der Waals surface area contributed by atoms with Crippen LogP contribution in [0, 0.1) is 12.8 Å². The minimum Gasteiger partial charge on any atom is -0.355 e. The van der Waals surface area contributed by atoms with Crippen LogP contribution in [-0.4, -0.2) is 5.11 Å². The van der Waals surface area contributed by atoms with Crippen molar-refractivity contribution in [2.75, 3.05) is 5.32 Å². The highest BCUT2D eigenvalue weighted by atomic mass is 35.5. The van der Waals surface area contributed by atoms with E-state index in [1.807, 2.05) is 24.3 Å². The summed E-state index contributed by atoms with van der Waals surface area (Å²) in [4.78, 5) is 0. The molecule has 2 N–H and O–H groups in total. The molecule has 0 fully saturated rings. The molecule has 0 spiro atoms. The maximum absolute atomic E-state index is 5.90. The molecule has 1 unspecified atom stereocenters. The zero-order valence-corrected chi connectivity index (χ0v) is 14.6. The first kappa shape index (κ1) is 16.8. The van der Waals surface area contributed by atoms with Crippen LogP contribution in [-0.2, 0) is 0 Å². The Hall–Kier alpha value is -1.58. The fourth-order valence-electron chi connectivity index (χ4n) is 2.38. The molecule has 0 radical (unpaired) electrons. The molecule has 2 nitrogen and oxygen atoms in total. The highest BCUT2D eigenvalue weighted by Gasteiger charge is 2.18. The van der Waals surface area contributed by atoms with Crippen molar-refractivity contribution in [3.63, 3.8) is 0 Å². The Bertz CT molecular complexity index is 638. The van der Waals surface area contributed by atoms with Crippen LogP contribution in [0.1, 0.15) is 31.0 Å².